The van der Waals surface area contributed by atoms with Crippen LogP contribution in [-0.2, 0) is 17.8 Å². The first-order valence-corrected chi connectivity index (χ1v) is 8.67. The fourth-order valence-corrected chi connectivity index (χ4v) is 2.83. The Kier molecular flexibility index (Phi) is 6.04. The zero-order valence-corrected chi connectivity index (χ0v) is 14.4. The van der Waals surface area contributed by atoms with Gasteiger partial charge in [-0.2, -0.15) is 0 Å². The van der Waals surface area contributed by atoms with Crippen molar-refractivity contribution < 1.29 is 19.7 Å². The summed E-state index contributed by atoms with van der Waals surface area (Å²) in [6, 6.07) is 11.2. The molecule has 0 saturated heterocycles. The maximum atomic E-state index is 11.7. The monoisotopic (exact) mass is 357 g/mol. The minimum atomic E-state index is -1.05. The number of rotatable bonds is 7. The van der Waals surface area contributed by atoms with Gasteiger partial charge in [-0.3, -0.25) is 0 Å². The summed E-state index contributed by atoms with van der Waals surface area (Å²) in [5.41, 5.74) is 2.51. The molecule has 1 aliphatic rings. The molecule has 2 atom stereocenters. The van der Waals surface area contributed by atoms with Crippen molar-refractivity contribution in [3.05, 3.63) is 59.3 Å². The standard InChI is InChI=1S/C19H23N3O4/c23-16(17(24)15-10-14-6-8-20-18(14)22-11-15)7-9-21-19(25)26-12-13-4-2-1-3-5-13/h1-5,10-11,16-17,23-24H,6-9,12H2,(H,20,22)(H,21,25). The van der Waals surface area contributed by atoms with E-state index in [1.165, 1.54) is 0 Å². The molecule has 0 fully saturated rings. The average Bonchev–Trinajstić information content (AvgIpc) is 3.14. The Labute approximate surface area is 152 Å². The Hall–Kier alpha value is -2.64. The van der Waals surface area contributed by atoms with Crippen LogP contribution >= 0.6 is 0 Å². The molecule has 138 valence electrons. The summed E-state index contributed by atoms with van der Waals surface area (Å²) in [5, 5.41) is 26.2. The van der Waals surface area contributed by atoms with Crippen LogP contribution in [0.1, 0.15) is 29.2 Å². The summed E-state index contributed by atoms with van der Waals surface area (Å²) in [6.07, 6.45) is 0.0205. The highest BCUT2D eigenvalue weighted by Gasteiger charge is 2.21. The second-order valence-corrected chi connectivity index (χ2v) is 6.24. The van der Waals surface area contributed by atoms with Crippen molar-refractivity contribution in [2.24, 2.45) is 0 Å². The van der Waals surface area contributed by atoms with Gasteiger partial charge in [0.15, 0.2) is 0 Å². The van der Waals surface area contributed by atoms with E-state index < -0.39 is 18.3 Å². The van der Waals surface area contributed by atoms with Gasteiger partial charge in [0.05, 0.1) is 6.10 Å². The Balaban J connectivity index is 1.40. The molecule has 2 unspecified atom stereocenters. The van der Waals surface area contributed by atoms with E-state index >= 15 is 0 Å². The Morgan fingerprint density at radius 3 is 2.92 bits per heavy atom. The van der Waals surface area contributed by atoms with Crippen molar-refractivity contribution in [3.63, 3.8) is 0 Å². The molecule has 1 aliphatic heterocycles. The molecule has 1 aromatic carbocycles. The van der Waals surface area contributed by atoms with Crippen molar-refractivity contribution in [2.75, 3.05) is 18.4 Å². The highest BCUT2D eigenvalue weighted by Crippen LogP contribution is 2.25. The zero-order valence-electron chi connectivity index (χ0n) is 14.4. The van der Waals surface area contributed by atoms with Crippen LogP contribution in [0.15, 0.2) is 42.6 Å². The first-order chi connectivity index (χ1) is 12.6. The normalized spacial score (nSPS) is 14.8. The van der Waals surface area contributed by atoms with Crippen LogP contribution in [0.25, 0.3) is 0 Å². The van der Waals surface area contributed by atoms with E-state index in [1.807, 2.05) is 36.4 Å². The van der Waals surface area contributed by atoms with Crippen LogP contribution in [0.5, 0.6) is 0 Å². The first-order valence-electron chi connectivity index (χ1n) is 8.67. The number of fused-ring (bicyclic) bond motifs is 1. The minimum absolute atomic E-state index is 0.187. The number of carbonyl (C=O) groups is 1. The van der Waals surface area contributed by atoms with Crippen molar-refractivity contribution in [3.8, 4) is 0 Å². The van der Waals surface area contributed by atoms with Crippen LogP contribution in [0, 0.1) is 0 Å². The number of aliphatic hydroxyl groups is 2. The number of aromatic nitrogens is 1. The number of anilines is 1. The molecule has 1 amide bonds. The van der Waals surface area contributed by atoms with E-state index in [4.69, 9.17) is 4.74 Å². The number of benzene rings is 1. The van der Waals surface area contributed by atoms with Gasteiger partial charge in [0.1, 0.15) is 18.5 Å². The van der Waals surface area contributed by atoms with Gasteiger partial charge in [-0.15, -0.1) is 0 Å². The number of ether oxygens (including phenoxy) is 1. The average molecular weight is 357 g/mol. The second kappa shape index (κ2) is 8.64. The largest absolute Gasteiger partial charge is 0.445 e. The number of nitrogens with zero attached hydrogens (tertiary/aromatic N) is 1. The molecule has 7 heteroatoms. The third-order valence-corrected chi connectivity index (χ3v) is 4.30. The van der Waals surface area contributed by atoms with Crippen molar-refractivity contribution in [1.29, 1.82) is 0 Å². The molecule has 0 saturated carbocycles. The maximum absolute atomic E-state index is 11.7. The van der Waals surface area contributed by atoms with E-state index in [1.54, 1.807) is 6.20 Å². The van der Waals surface area contributed by atoms with Crippen LogP contribution in [0.2, 0.25) is 0 Å². The summed E-state index contributed by atoms with van der Waals surface area (Å²) in [6.45, 7) is 1.22. The molecule has 1 aromatic heterocycles. The summed E-state index contributed by atoms with van der Waals surface area (Å²) in [4.78, 5) is 15.9. The third-order valence-electron chi connectivity index (χ3n) is 4.30. The van der Waals surface area contributed by atoms with Crippen molar-refractivity contribution in [1.82, 2.24) is 10.3 Å². The Bertz CT molecular complexity index is 739. The van der Waals surface area contributed by atoms with Crippen LogP contribution in [0.4, 0.5) is 10.6 Å². The lowest BCUT2D eigenvalue weighted by atomic mass is 10.0. The summed E-state index contributed by atoms with van der Waals surface area (Å²) >= 11 is 0. The molecule has 0 aliphatic carbocycles. The van der Waals surface area contributed by atoms with E-state index in [9.17, 15) is 15.0 Å². The second-order valence-electron chi connectivity index (χ2n) is 6.24. The number of pyridine rings is 1. The lowest BCUT2D eigenvalue weighted by Gasteiger charge is -2.18. The fraction of sp³-hybridized carbons (Fsp3) is 0.368. The predicted molar refractivity (Wildman–Crippen MR) is 96.6 cm³/mol. The molecule has 0 radical (unpaired) electrons. The van der Waals surface area contributed by atoms with E-state index in [0.29, 0.717) is 5.56 Å². The van der Waals surface area contributed by atoms with Gasteiger partial charge in [-0.05, 0) is 30.0 Å². The van der Waals surface area contributed by atoms with Crippen molar-refractivity contribution in [2.45, 2.75) is 31.7 Å². The summed E-state index contributed by atoms with van der Waals surface area (Å²) in [7, 11) is 0. The van der Waals surface area contributed by atoms with Crippen LogP contribution < -0.4 is 10.6 Å². The molecular weight excluding hydrogens is 334 g/mol. The number of nitrogens with one attached hydrogen (secondary N) is 2. The molecule has 0 bridgehead atoms. The minimum Gasteiger partial charge on any atom is -0.445 e. The number of carbonyl (C=O) groups excluding carboxylic acids is 1. The molecule has 26 heavy (non-hydrogen) atoms. The SMILES string of the molecule is O=C(NCCC(O)C(O)c1cnc2c(c1)CCN2)OCc1ccccc1. The molecular formula is C19H23N3O4. The van der Waals surface area contributed by atoms with Crippen LogP contribution in [0.3, 0.4) is 0 Å². The quantitative estimate of drug-likeness (QED) is 0.602. The van der Waals surface area contributed by atoms with Crippen molar-refractivity contribution >= 4 is 11.9 Å². The number of hydrogen-bond donors (Lipinski definition) is 4. The molecule has 2 heterocycles. The molecule has 7 nitrogen and oxygen atoms in total. The first kappa shape index (κ1) is 18.2. The smallest absolute Gasteiger partial charge is 0.407 e. The van der Waals surface area contributed by atoms with Gasteiger partial charge in [0.25, 0.3) is 0 Å². The fourth-order valence-electron chi connectivity index (χ4n) is 2.83. The highest BCUT2D eigenvalue weighted by atomic mass is 16.5. The number of alkyl carbamates (subject to hydrolysis) is 1. The lowest BCUT2D eigenvalue weighted by Crippen LogP contribution is -2.29. The van der Waals surface area contributed by atoms with Gasteiger partial charge in [0, 0.05) is 24.8 Å². The lowest BCUT2D eigenvalue weighted by molar-refractivity contribution is 0.0134. The van der Waals surface area contributed by atoms with E-state index in [2.05, 4.69) is 15.6 Å². The molecule has 2 aromatic rings. The zero-order chi connectivity index (χ0) is 18.4. The third kappa shape index (κ3) is 4.71. The maximum Gasteiger partial charge on any atom is 0.407 e. The molecule has 0 spiro atoms. The number of hydrogen-bond acceptors (Lipinski definition) is 6. The van der Waals surface area contributed by atoms with Gasteiger partial charge >= 0.3 is 6.09 Å². The molecule has 3 rings (SSSR count). The molecule has 4 N–H and O–H groups in total. The van der Waals surface area contributed by atoms with E-state index in [0.717, 1.165) is 29.9 Å². The van der Waals surface area contributed by atoms with Crippen LogP contribution in [-0.4, -0.2) is 40.5 Å². The number of aliphatic hydroxyl groups excluding tert-OH is 2. The highest BCUT2D eigenvalue weighted by molar-refractivity contribution is 5.67. The topological polar surface area (TPSA) is 104 Å². The number of amides is 1. The van der Waals surface area contributed by atoms with Gasteiger partial charge in [-0.1, -0.05) is 30.3 Å². The van der Waals surface area contributed by atoms with Gasteiger partial charge in [-0.25, -0.2) is 9.78 Å². The van der Waals surface area contributed by atoms with Gasteiger partial charge < -0.3 is 25.6 Å². The van der Waals surface area contributed by atoms with Gasteiger partial charge in [0.2, 0.25) is 0 Å². The Morgan fingerprint density at radius 2 is 2.12 bits per heavy atom. The Morgan fingerprint density at radius 1 is 1.31 bits per heavy atom. The predicted octanol–water partition coefficient (Wildman–Crippen LogP) is 1.76. The van der Waals surface area contributed by atoms with E-state index in [-0.39, 0.29) is 19.6 Å². The summed E-state index contributed by atoms with van der Waals surface area (Å²) < 4.78 is 5.09. The summed E-state index contributed by atoms with van der Waals surface area (Å²) in [5.74, 6) is 0.832.